The smallest absolute Gasteiger partial charge is 0.323 e. The van der Waals surface area contributed by atoms with Crippen molar-refractivity contribution in [2.75, 3.05) is 18.1 Å². The van der Waals surface area contributed by atoms with Gasteiger partial charge in [-0.25, -0.2) is 0 Å². The van der Waals surface area contributed by atoms with E-state index in [-0.39, 0.29) is 25.0 Å². The first kappa shape index (κ1) is 21.7. The van der Waals surface area contributed by atoms with Crippen LogP contribution in [0.25, 0.3) is 0 Å². The number of nitrogens with one attached hydrogen (secondary N) is 1. The summed E-state index contributed by atoms with van der Waals surface area (Å²) in [6.07, 6.45) is 3.18. The van der Waals surface area contributed by atoms with Gasteiger partial charge in [-0.05, 0) is 49.8 Å². The second kappa shape index (κ2) is 10.7. The Labute approximate surface area is 177 Å². The molecule has 1 aliphatic heterocycles. The van der Waals surface area contributed by atoms with E-state index >= 15 is 0 Å². The lowest BCUT2D eigenvalue weighted by Crippen LogP contribution is -2.52. The average molecular weight is 408 g/mol. The molecule has 2 aromatic carbocycles. The predicted molar refractivity (Wildman–Crippen MR) is 115 cm³/mol. The molecule has 0 aromatic heterocycles. The Balaban J connectivity index is 1.77. The fraction of sp³-hybridized carbons (Fsp3) is 0.375. The number of anilines is 1. The van der Waals surface area contributed by atoms with Crippen LogP contribution in [0.15, 0.2) is 54.6 Å². The van der Waals surface area contributed by atoms with Gasteiger partial charge in [-0.3, -0.25) is 14.9 Å². The van der Waals surface area contributed by atoms with Gasteiger partial charge < -0.3 is 14.4 Å². The van der Waals surface area contributed by atoms with Crippen LogP contribution in [-0.4, -0.2) is 43.4 Å². The van der Waals surface area contributed by atoms with E-state index in [2.05, 4.69) is 5.32 Å². The number of fused-ring (bicyclic) bond motifs is 1. The van der Waals surface area contributed by atoms with E-state index in [0.717, 1.165) is 23.1 Å². The second-order valence-electron chi connectivity index (χ2n) is 7.33. The van der Waals surface area contributed by atoms with E-state index in [1.807, 2.05) is 54.6 Å². The number of hydrogen-bond acceptors (Lipinski definition) is 5. The number of hydrogen-bond donors (Lipinski definition) is 1. The summed E-state index contributed by atoms with van der Waals surface area (Å²) in [6, 6.07) is 16.4. The maximum absolute atomic E-state index is 13.2. The van der Waals surface area contributed by atoms with Gasteiger partial charge >= 0.3 is 5.97 Å². The van der Waals surface area contributed by atoms with Crippen LogP contribution < -0.4 is 10.2 Å². The van der Waals surface area contributed by atoms with Gasteiger partial charge in [0.2, 0.25) is 5.91 Å². The first-order chi connectivity index (χ1) is 14.6. The number of aryl methyl sites for hydroxylation is 2. The molecule has 0 bridgehead atoms. The lowest BCUT2D eigenvalue weighted by Gasteiger charge is -2.27. The van der Waals surface area contributed by atoms with Crippen molar-refractivity contribution in [3.8, 4) is 0 Å². The van der Waals surface area contributed by atoms with Crippen LogP contribution in [0.4, 0.5) is 5.69 Å². The largest absolute Gasteiger partial charge is 0.465 e. The topological polar surface area (TPSA) is 75.7 Å². The summed E-state index contributed by atoms with van der Waals surface area (Å²) in [4.78, 5) is 38.6. The highest BCUT2D eigenvalue weighted by molar-refractivity contribution is 6.00. The Hall–Kier alpha value is -2.99. The van der Waals surface area contributed by atoms with Crippen molar-refractivity contribution in [2.45, 2.75) is 44.7 Å². The molecule has 6 nitrogen and oxygen atoms in total. The molecule has 1 N–H and O–H groups in total. The Bertz CT molecular complexity index is 869. The predicted octanol–water partition coefficient (Wildman–Crippen LogP) is 2.69. The van der Waals surface area contributed by atoms with Crippen LogP contribution in [0, 0.1) is 0 Å². The minimum absolute atomic E-state index is 0.0118. The molecule has 30 heavy (non-hydrogen) atoms. The zero-order chi connectivity index (χ0) is 21.3. The Morgan fingerprint density at radius 1 is 1.20 bits per heavy atom. The average Bonchev–Trinajstić information content (AvgIpc) is 2.89. The summed E-state index contributed by atoms with van der Waals surface area (Å²) in [5.74, 6) is -0.550. The van der Waals surface area contributed by atoms with Crippen molar-refractivity contribution in [2.24, 2.45) is 0 Å². The summed E-state index contributed by atoms with van der Waals surface area (Å²) in [5.41, 5.74) is 2.90. The van der Waals surface area contributed by atoms with Gasteiger partial charge in [-0.2, -0.15) is 0 Å². The van der Waals surface area contributed by atoms with Crippen molar-refractivity contribution in [1.29, 1.82) is 0 Å². The SMILES string of the molecule is CCOC(=O)C(CCc1ccccc1)NC1CCc2ccccc2N(CC=O)C1=O. The Morgan fingerprint density at radius 3 is 2.67 bits per heavy atom. The number of carbonyl (C=O) groups is 3. The van der Waals surface area contributed by atoms with Crippen LogP contribution in [0.5, 0.6) is 0 Å². The first-order valence-corrected chi connectivity index (χ1v) is 10.4. The van der Waals surface area contributed by atoms with E-state index < -0.39 is 12.1 Å². The summed E-state index contributed by atoms with van der Waals surface area (Å²) >= 11 is 0. The number of benzene rings is 2. The van der Waals surface area contributed by atoms with Gasteiger partial charge in [0.25, 0.3) is 0 Å². The van der Waals surface area contributed by atoms with Gasteiger partial charge in [0, 0.05) is 5.69 Å². The number of amides is 1. The molecule has 0 saturated heterocycles. The number of carbonyl (C=O) groups excluding carboxylic acids is 3. The minimum Gasteiger partial charge on any atom is -0.465 e. The van der Waals surface area contributed by atoms with Crippen molar-refractivity contribution in [1.82, 2.24) is 5.32 Å². The molecule has 1 amide bonds. The zero-order valence-electron chi connectivity index (χ0n) is 17.3. The van der Waals surface area contributed by atoms with Crippen molar-refractivity contribution < 1.29 is 19.1 Å². The van der Waals surface area contributed by atoms with Crippen molar-refractivity contribution >= 4 is 23.9 Å². The fourth-order valence-corrected chi connectivity index (χ4v) is 3.84. The zero-order valence-corrected chi connectivity index (χ0v) is 17.3. The van der Waals surface area contributed by atoms with Crippen LogP contribution >= 0.6 is 0 Å². The van der Waals surface area contributed by atoms with Crippen molar-refractivity contribution in [3.63, 3.8) is 0 Å². The molecular formula is C24H28N2O4. The molecule has 0 saturated carbocycles. The van der Waals surface area contributed by atoms with Crippen LogP contribution in [0.2, 0.25) is 0 Å². The lowest BCUT2D eigenvalue weighted by molar-refractivity contribution is -0.146. The lowest BCUT2D eigenvalue weighted by atomic mass is 10.0. The van der Waals surface area contributed by atoms with Crippen LogP contribution in [-0.2, 0) is 32.0 Å². The van der Waals surface area contributed by atoms with Crippen molar-refractivity contribution in [3.05, 3.63) is 65.7 Å². The first-order valence-electron chi connectivity index (χ1n) is 10.4. The molecule has 0 spiro atoms. The fourth-order valence-electron chi connectivity index (χ4n) is 3.84. The number of esters is 1. The van der Waals surface area contributed by atoms with Gasteiger partial charge in [-0.15, -0.1) is 0 Å². The highest BCUT2D eigenvalue weighted by Crippen LogP contribution is 2.27. The van der Waals surface area contributed by atoms with Gasteiger partial charge in [-0.1, -0.05) is 48.5 Å². The molecule has 1 aliphatic rings. The Kier molecular flexibility index (Phi) is 7.74. The number of rotatable bonds is 9. The van der Waals surface area contributed by atoms with E-state index in [9.17, 15) is 14.4 Å². The number of aldehydes is 1. The molecule has 0 aliphatic carbocycles. The molecule has 3 rings (SSSR count). The molecule has 1 heterocycles. The van der Waals surface area contributed by atoms with E-state index in [1.165, 1.54) is 4.90 Å². The highest BCUT2D eigenvalue weighted by atomic mass is 16.5. The Morgan fingerprint density at radius 2 is 1.93 bits per heavy atom. The van der Waals surface area contributed by atoms with Crippen LogP contribution in [0.1, 0.15) is 30.9 Å². The quantitative estimate of drug-likeness (QED) is 0.510. The summed E-state index contributed by atoms with van der Waals surface area (Å²) in [7, 11) is 0. The monoisotopic (exact) mass is 408 g/mol. The molecule has 6 heteroatoms. The molecule has 0 fully saturated rings. The van der Waals surface area contributed by atoms with E-state index in [4.69, 9.17) is 4.74 Å². The third-order valence-corrected chi connectivity index (χ3v) is 5.34. The second-order valence-corrected chi connectivity index (χ2v) is 7.33. The summed E-state index contributed by atoms with van der Waals surface area (Å²) in [5, 5.41) is 3.24. The molecule has 2 unspecified atom stereocenters. The number of para-hydroxylation sites is 1. The summed E-state index contributed by atoms with van der Waals surface area (Å²) in [6.45, 7) is 2.04. The summed E-state index contributed by atoms with van der Waals surface area (Å²) < 4.78 is 5.25. The third-order valence-electron chi connectivity index (χ3n) is 5.34. The van der Waals surface area contributed by atoms with E-state index in [0.29, 0.717) is 25.7 Å². The van der Waals surface area contributed by atoms with Gasteiger partial charge in [0.05, 0.1) is 19.2 Å². The molecule has 158 valence electrons. The third kappa shape index (κ3) is 5.33. The van der Waals surface area contributed by atoms with Crippen LogP contribution in [0.3, 0.4) is 0 Å². The molecular weight excluding hydrogens is 380 g/mol. The number of nitrogens with zero attached hydrogens (tertiary/aromatic N) is 1. The van der Waals surface area contributed by atoms with E-state index in [1.54, 1.807) is 6.92 Å². The standard InChI is InChI=1S/C24H28N2O4/c1-2-30-24(29)21(14-12-18-8-4-3-5-9-18)25-20-15-13-19-10-6-7-11-22(19)26(16-17-27)23(20)28/h3-11,17,20-21,25H,2,12-16H2,1H3. The minimum atomic E-state index is -0.599. The normalized spacial score (nSPS) is 17.0. The maximum Gasteiger partial charge on any atom is 0.323 e. The number of ether oxygens (including phenoxy) is 1. The molecule has 0 radical (unpaired) electrons. The maximum atomic E-state index is 13.2. The van der Waals surface area contributed by atoms with Gasteiger partial charge in [0.1, 0.15) is 12.3 Å². The van der Waals surface area contributed by atoms with Gasteiger partial charge in [0.15, 0.2) is 0 Å². The molecule has 2 atom stereocenters. The molecule has 2 aromatic rings. The highest BCUT2D eigenvalue weighted by Gasteiger charge is 2.33.